The van der Waals surface area contributed by atoms with Crippen molar-refractivity contribution in [2.24, 2.45) is 0 Å². The Labute approximate surface area is 140 Å². The third-order valence-electron chi connectivity index (χ3n) is 2.90. The Kier molecular flexibility index (Phi) is 6.54. The van der Waals surface area contributed by atoms with Gasteiger partial charge in [-0.2, -0.15) is 0 Å². The van der Waals surface area contributed by atoms with Gasteiger partial charge in [0.2, 0.25) is 0 Å². The van der Waals surface area contributed by atoms with Gasteiger partial charge in [-0.3, -0.25) is 9.46 Å². The number of carbonyl (C=O) groups is 2. The average molecular weight is 359 g/mol. The smallest absolute Gasteiger partial charge is 0.411 e. The monoisotopic (exact) mass is 359 g/mol. The second-order valence-electron chi connectivity index (χ2n) is 6.30. The van der Waals surface area contributed by atoms with E-state index in [1.54, 1.807) is 51.1 Å². The maximum absolute atomic E-state index is 12.3. The Morgan fingerprint density at radius 2 is 1.75 bits per heavy atom. The highest BCUT2D eigenvalue weighted by molar-refractivity contribution is 7.51. The molecular weight excluding hydrogens is 337 g/mol. The van der Waals surface area contributed by atoms with Gasteiger partial charge in [0.15, 0.2) is 0 Å². The molecule has 1 amide bonds. The van der Waals surface area contributed by atoms with E-state index in [1.165, 1.54) is 0 Å². The van der Waals surface area contributed by atoms with Gasteiger partial charge in [0.25, 0.3) is 0 Å². The molecule has 0 radical (unpaired) electrons. The summed E-state index contributed by atoms with van der Waals surface area (Å²) in [5, 5.41) is 9.45. The Balaban J connectivity index is 3.13. The standard InChI is InChI=1S/C15H22NO7P/c1-15(2,3)23-14(19)16(10-24(20,21)22)12(13(17)18)9-11-7-5-4-6-8-11/h4-8,12H,9-10H2,1-3H3,(H,17,18)(H2,20,21,22)/t12-/m0/s1. The fourth-order valence-corrected chi connectivity index (χ4v) is 2.68. The number of amides is 1. The minimum absolute atomic E-state index is 0.102. The van der Waals surface area contributed by atoms with Gasteiger partial charge in [-0.05, 0) is 26.3 Å². The molecule has 0 aliphatic rings. The molecule has 0 heterocycles. The Morgan fingerprint density at radius 3 is 2.17 bits per heavy atom. The lowest BCUT2D eigenvalue weighted by atomic mass is 10.1. The second-order valence-corrected chi connectivity index (χ2v) is 7.91. The summed E-state index contributed by atoms with van der Waals surface area (Å²) in [4.78, 5) is 42.8. The van der Waals surface area contributed by atoms with Crippen molar-refractivity contribution >= 4 is 19.7 Å². The molecule has 0 saturated carbocycles. The van der Waals surface area contributed by atoms with E-state index in [0.717, 1.165) is 0 Å². The fourth-order valence-electron chi connectivity index (χ4n) is 1.97. The van der Waals surface area contributed by atoms with Crippen LogP contribution in [0.1, 0.15) is 26.3 Å². The molecule has 1 aromatic carbocycles. The molecule has 0 spiro atoms. The van der Waals surface area contributed by atoms with Crippen molar-refractivity contribution in [1.29, 1.82) is 0 Å². The lowest BCUT2D eigenvalue weighted by Gasteiger charge is -2.31. The lowest BCUT2D eigenvalue weighted by molar-refractivity contribution is -0.142. The van der Waals surface area contributed by atoms with Crippen LogP contribution < -0.4 is 0 Å². The van der Waals surface area contributed by atoms with Gasteiger partial charge in [-0.25, -0.2) is 9.59 Å². The number of benzene rings is 1. The van der Waals surface area contributed by atoms with E-state index in [4.69, 9.17) is 4.74 Å². The molecule has 8 nitrogen and oxygen atoms in total. The van der Waals surface area contributed by atoms with Crippen LogP contribution >= 0.6 is 7.60 Å². The van der Waals surface area contributed by atoms with Crippen molar-refractivity contribution in [3.05, 3.63) is 35.9 Å². The van der Waals surface area contributed by atoms with Gasteiger partial charge in [0.1, 0.15) is 17.9 Å². The number of carbonyl (C=O) groups excluding carboxylic acids is 1. The highest BCUT2D eigenvalue weighted by atomic mass is 31.2. The summed E-state index contributed by atoms with van der Waals surface area (Å²) in [7, 11) is -4.68. The zero-order chi connectivity index (χ0) is 18.5. The average Bonchev–Trinajstić information content (AvgIpc) is 2.40. The number of carboxylic acid groups (broad SMARTS) is 1. The van der Waals surface area contributed by atoms with Crippen LogP contribution in [-0.2, 0) is 20.5 Å². The van der Waals surface area contributed by atoms with Crippen LogP contribution in [-0.4, -0.2) is 49.8 Å². The van der Waals surface area contributed by atoms with Gasteiger partial charge in [0.05, 0.1) is 0 Å². The molecule has 0 aliphatic carbocycles. The molecule has 0 fully saturated rings. The topological polar surface area (TPSA) is 124 Å². The fraction of sp³-hybridized carbons (Fsp3) is 0.467. The van der Waals surface area contributed by atoms with Gasteiger partial charge in [0, 0.05) is 6.42 Å². The van der Waals surface area contributed by atoms with E-state index < -0.39 is 37.6 Å². The van der Waals surface area contributed by atoms with Gasteiger partial charge in [-0.1, -0.05) is 30.3 Å². The van der Waals surface area contributed by atoms with E-state index in [9.17, 15) is 29.0 Å². The van der Waals surface area contributed by atoms with Crippen molar-refractivity contribution < 1.29 is 33.8 Å². The number of nitrogens with zero attached hydrogens (tertiary/aromatic N) is 1. The summed E-state index contributed by atoms with van der Waals surface area (Å²) in [6.07, 6.45) is -2.23. The summed E-state index contributed by atoms with van der Waals surface area (Å²) in [6.45, 7) is 4.73. The summed E-state index contributed by atoms with van der Waals surface area (Å²) in [5.41, 5.74) is -0.316. The Morgan fingerprint density at radius 1 is 1.21 bits per heavy atom. The first-order valence-corrected chi connectivity index (χ1v) is 9.00. The largest absolute Gasteiger partial charge is 0.480 e. The third kappa shape index (κ3) is 7.12. The normalized spacial score (nSPS) is 13.2. The number of hydrogen-bond acceptors (Lipinski definition) is 4. The van der Waals surface area contributed by atoms with E-state index in [0.29, 0.717) is 10.5 Å². The van der Waals surface area contributed by atoms with E-state index >= 15 is 0 Å². The minimum Gasteiger partial charge on any atom is -0.480 e. The summed E-state index contributed by atoms with van der Waals surface area (Å²) in [5.74, 6) is -1.38. The molecule has 3 N–H and O–H groups in total. The summed E-state index contributed by atoms with van der Waals surface area (Å²) >= 11 is 0. The predicted molar refractivity (Wildman–Crippen MR) is 86.6 cm³/mol. The molecule has 0 aliphatic heterocycles. The van der Waals surface area contributed by atoms with Crippen molar-refractivity contribution in [2.75, 3.05) is 6.29 Å². The van der Waals surface area contributed by atoms with Crippen molar-refractivity contribution in [3.8, 4) is 0 Å². The van der Waals surface area contributed by atoms with Crippen LogP contribution in [0.3, 0.4) is 0 Å². The summed E-state index contributed by atoms with van der Waals surface area (Å²) in [6, 6.07) is 7.03. The van der Waals surface area contributed by atoms with Crippen molar-refractivity contribution in [2.45, 2.75) is 38.8 Å². The summed E-state index contributed by atoms with van der Waals surface area (Å²) < 4.78 is 16.4. The molecule has 1 rings (SSSR count). The van der Waals surface area contributed by atoms with Crippen LogP contribution in [0.4, 0.5) is 4.79 Å². The molecule has 1 aromatic rings. The number of ether oxygens (including phenoxy) is 1. The third-order valence-corrected chi connectivity index (χ3v) is 3.57. The van der Waals surface area contributed by atoms with E-state index in [2.05, 4.69) is 0 Å². The lowest BCUT2D eigenvalue weighted by Crippen LogP contribution is -2.48. The zero-order valence-electron chi connectivity index (χ0n) is 13.7. The maximum atomic E-state index is 12.3. The van der Waals surface area contributed by atoms with Crippen molar-refractivity contribution in [1.82, 2.24) is 4.90 Å². The highest BCUT2D eigenvalue weighted by Crippen LogP contribution is 2.36. The molecule has 0 unspecified atom stereocenters. The van der Waals surface area contributed by atoms with Crippen LogP contribution in [0.25, 0.3) is 0 Å². The van der Waals surface area contributed by atoms with Gasteiger partial charge in [-0.15, -0.1) is 0 Å². The molecule has 24 heavy (non-hydrogen) atoms. The number of aliphatic carboxylic acids is 1. The van der Waals surface area contributed by atoms with Crippen molar-refractivity contribution in [3.63, 3.8) is 0 Å². The van der Waals surface area contributed by atoms with Gasteiger partial charge < -0.3 is 19.6 Å². The first kappa shape index (κ1) is 20.2. The molecule has 0 aromatic heterocycles. The van der Waals surface area contributed by atoms with Crippen LogP contribution in [0.2, 0.25) is 0 Å². The maximum Gasteiger partial charge on any atom is 0.411 e. The predicted octanol–water partition coefficient (Wildman–Crippen LogP) is 2.05. The van der Waals surface area contributed by atoms with E-state index in [1.807, 2.05) is 0 Å². The second kappa shape index (κ2) is 7.79. The number of carboxylic acids is 1. The first-order chi connectivity index (χ1) is 10.9. The SMILES string of the molecule is CC(C)(C)OC(=O)N(CP(=O)(O)O)[C@@H](Cc1ccccc1)C(=O)O. The van der Waals surface area contributed by atoms with Gasteiger partial charge >= 0.3 is 19.7 Å². The number of rotatable bonds is 6. The van der Waals surface area contributed by atoms with Crippen LogP contribution in [0.5, 0.6) is 0 Å². The van der Waals surface area contributed by atoms with Crippen LogP contribution in [0.15, 0.2) is 30.3 Å². The number of hydrogen-bond donors (Lipinski definition) is 3. The minimum atomic E-state index is -4.68. The molecule has 1 atom stereocenters. The molecule has 9 heteroatoms. The molecule has 0 saturated heterocycles. The molecular formula is C15H22NO7P. The zero-order valence-corrected chi connectivity index (χ0v) is 14.6. The quantitative estimate of drug-likeness (QED) is 0.664. The van der Waals surface area contributed by atoms with Crippen LogP contribution in [0, 0.1) is 0 Å². The molecule has 134 valence electrons. The molecule has 0 bridgehead atoms. The highest BCUT2D eigenvalue weighted by Gasteiger charge is 2.37. The van der Waals surface area contributed by atoms with E-state index in [-0.39, 0.29) is 6.42 Å². The Bertz CT molecular complexity index is 620. The first-order valence-electron chi connectivity index (χ1n) is 7.20. The Hall–Kier alpha value is -1.89.